The van der Waals surface area contributed by atoms with Gasteiger partial charge in [-0.25, -0.2) is 0 Å². The van der Waals surface area contributed by atoms with E-state index in [2.05, 4.69) is 38.1 Å². The lowest BCUT2D eigenvalue weighted by atomic mass is 10.1. The van der Waals surface area contributed by atoms with Gasteiger partial charge in [-0.05, 0) is 30.4 Å². The van der Waals surface area contributed by atoms with E-state index in [0.717, 1.165) is 6.42 Å². The average Bonchev–Trinajstić information content (AvgIpc) is 2.40. The van der Waals surface area contributed by atoms with Crippen LogP contribution in [-0.4, -0.2) is 0 Å². The second-order valence-electron chi connectivity index (χ2n) is 2.99. The predicted octanol–water partition coefficient (Wildman–Crippen LogP) is 3.77. The van der Waals surface area contributed by atoms with Crippen LogP contribution in [0.25, 0.3) is 10.1 Å². The summed E-state index contributed by atoms with van der Waals surface area (Å²) in [7, 11) is 0. The molecule has 0 aliphatic rings. The predicted molar refractivity (Wildman–Crippen MR) is 55.9 cm³/mol. The molecule has 62 valence electrons. The van der Waals surface area contributed by atoms with E-state index in [-0.39, 0.29) is 0 Å². The minimum absolute atomic E-state index is 1.15. The zero-order chi connectivity index (χ0) is 8.55. The average molecular weight is 176 g/mol. The van der Waals surface area contributed by atoms with Crippen molar-refractivity contribution in [2.24, 2.45) is 0 Å². The molecule has 0 saturated heterocycles. The molecule has 0 radical (unpaired) electrons. The summed E-state index contributed by atoms with van der Waals surface area (Å²) >= 11 is 1.90. The van der Waals surface area contributed by atoms with Crippen LogP contribution in [-0.2, 0) is 6.42 Å². The maximum atomic E-state index is 2.22. The number of benzene rings is 1. The van der Waals surface area contributed by atoms with Crippen molar-refractivity contribution in [2.75, 3.05) is 0 Å². The summed E-state index contributed by atoms with van der Waals surface area (Å²) in [5.74, 6) is 0. The highest BCUT2D eigenvalue weighted by atomic mass is 32.1. The summed E-state index contributed by atoms with van der Waals surface area (Å²) in [4.78, 5) is 1.47. The third kappa shape index (κ3) is 1.05. The number of hydrogen-bond acceptors (Lipinski definition) is 1. The van der Waals surface area contributed by atoms with Gasteiger partial charge in [0.1, 0.15) is 0 Å². The molecule has 2 rings (SSSR count). The van der Waals surface area contributed by atoms with Gasteiger partial charge in [0.15, 0.2) is 0 Å². The van der Waals surface area contributed by atoms with Gasteiger partial charge in [-0.3, -0.25) is 0 Å². The van der Waals surface area contributed by atoms with Gasteiger partial charge in [0.25, 0.3) is 0 Å². The Bertz CT molecular complexity index is 398. The monoisotopic (exact) mass is 176 g/mol. The molecule has 0 spiro atoms. The minimum atomic E-state index is 1.15. The summed E-state index contributed by atoms with van der Waals surface area (Å²) in [6.45, 7) is 4.44. The van der Waals surface area contributed by atoms with Gasteiger partial charge in [0.05, 0.1) is 0 Å². The van der Waals surface area contributed by atoms with Crippen LogP contribution in [0.1, 0.15) is 17.4 Å². The SMILES string of the molecule is CCc1c(C)sc2ccccc12. The molecule has 1 aromatic heterocycles. The maximum Gasteiger partial charge on any atom is 0.0348 e. The van der Waals surface area contributed by atoms with E-state index >= 15 is 0 Å². The van der Waals surface area contributed by atoms with Crippen molar-refractivity contribution in [1.29, 1.82) is 0 Å². The summed E-state index contributed by atoms with van der Waals surface area (Å²) in [6.07, 6.45) is 1.15. The molecule has 0 fully saturated rings. The first-order valence-corrected chi connectivity index (χ1v) is 5.11. The number of fused-ring (bicyclic) bond motifs is 1. The molecule has 0 amide bonds. The summed E-state index contributed by atoms with van der Waals surface area (Å²) in [5, 5.41) is 1.45. The Labute approximate surface area is 76.8 Å². The van der Waals surface area contributed by atoms with Crippen LogP contribution in [0.5, 0.6) is 0 Å². The van der Waals surface area contributed by atoms with E-state index in [1.165, 1.54) is 20.5 Å². The molecule has 1 heteroatoms. The first-order valence-electron chi connectivity index (χ1n) is 4.30. The van der Waals surface area contributed by atoms with Crippen molar-refractivity contribution in [3.8, 4) is 0 Å². The van der Waals surface area contributed by atoms with Crippen molar-refractivity contribution >= 4 is 21.4 Å². The van der Waals surface area contributed by atoms with Crippen LogP contribution in [0.3, 0.4) is 0 Å². The number of hydrogen-bond donors (Lipinski definition) is 0. The lowest BCUT2D eigenvalue weighted by molar-refractivity contribution is 1.15. The third-order valence-electron chi connectivity index (χ3n) is 2.25. The van der Waals surface area contributed by atoms with Gasteiger partial charge in [-0.2, -0.15) is 0 Å². The van der Waals surface area contributed by atoms with Crippen LogP contribution in [0.2, 0.25) is 0 Å². The highest BCUT2D eigenvalue weighted by molar-refractivity contribution is 7.19. The van der Waals surface area contributed by atoms with Crippen molar-refractivity contribution < 1.29 is 0 Å². The van der Waals surface area contributed by atoms with E-state index in [4.69, 9.17) is 0 Å². The first kappa shape index (κ1) is 7.81. The van der Waals surface area contributed by atoms with Crippen molar-refractivity contribution in [3.63, 3.8) is 0 Å². The summed E-state index contributed by atoms with van der Waals surface area (Å²) in [5.41, 5.74) is 1.52. The normalized spacial score (nSPS) is 10.8. The minimum Gasteiger partial charge on any atom is -0.140 e. The van der Waals surface area contributed by atoms with Gasteiger partial charge < -0.3 is 0 Å². The Hall–Kier alpha value is -0.820. The molecular weight excluding hydrogens is 164 g/mol. The quantitative estimate of drug-likeness (QED) is 0.620. The Kier molecular flexibility index (Phi) is 1.89. The molecule has 0 bridgehead atoms. The molecule has 0 nitrogen and oxygen atoms in total. The standard InChI is InChI=1S/C11H12S/c1-3-9-8(2)12-11-7-5-4-6-10(9)11/h4-7H,3H2,1-2H3. The summed E-state index contributed by atoms with van der Waals surface area (Å²) in [6, 6.07) is 8.65. The Morgan fingerprint density at radius 2 is 2.00 bits per heavy atom. The third-order valence-corrected chi connectivity index (χ3v) is 3.38. The number of thiophene rings is 1. The Morgan fingerprint density at radius 3 is 2.75 bits per heavy atom. The zero-order valence-corrected chi connectivity index (χ0v) is 8.24. The van der Waals surface area contributed by atoms with E-state index < -0.39 is 0 Å². The van der Waals surface area contributed by atoms with Gasteiger partial charge in [-0.15, -0.1) is 11.3 Å². The first-order chi connectivity index (χ1) is 5.83. The van der Waals surface area contributed by atoms with Crippen LogP contribution in [0.4, 0.5) is 0 Å². The van der Waals surface area contributed by atoms with Crippen molar-refractivity contribution in [3.05, 3.63) is 34.7 Å². The molecule has 12 heavy (non-hydrogen) atoms. The largest absolute Gasteiger partial charge is 0.140 e. The van der Waals surface area contributed by atoms with E-state index in [9.17, 15) is 0 Å². The van der Waals surface area contributed by atoms with Crippen LogP contribution < -0.4 is 0 Å². The second-order valence-corrected chi connectivity index (χ2v) is 4.24. The molecule has 0 aliphatic heterocycles. The van der Waals surface area contributed by atoms with Gasteiger partial charge in [0.2, 0.25) is 0 Å². The molecule has 0 saturated carbocycles. The van der Waals surface area contributed by atoms with E-state index in [1.807, 2.05) is 11.3 Å². The highest BCUT2D eigenvalue weighted by Gasteiger charge is 2.04. The number of aryl methyl sites for hydroxylation is 2. The molecule has 0 N–H and O–H groups in total. The van der Waals surface area contributed by atoms with E-state index in [1.54, 1.807) is 0 Å². The van der Waals surface area contributed by atoms with Crippen molar-refractivity contribution in [1.82, 2.24) is 0 Å². The molecule has 1 aromatic carbocycles. The van der Waals surface area contributed by atoms with Crippen LogP contribution in [0, 0.1) is 6.92 Å². The molecule has 0 unspecified atom stereocenters. The van der Waals surface area contributed by atoms with Crippen LogP contribution >= 0.6 is 11.3 Å². The van der Waals surface area contributed by atoms with Gasteiger partial charge in [-0.1, -0.05) is 25.1 Å². The molecular formula is C11H12S. The van der Waals surface area contributed by atoms with Gasteiger partial charge >= 0.3 is 0 Å². The molecule has 1 heterocycles. The fourth-order valence-corrected chi connectivity index (χ4v) is 2.82. The second kappa shape index (κ2) is 2.91. The van der Waals surface area contributed by atoms with Crippen LogP contribution in [0.15, 0.2) is 24.3 Å². The topological polar surface area (TPSA) is 0 Å². The fraction of sp³-hybridized carbons (Fsp3) is 0.273. The van der Waals surface area contributed by atoms with Gasteiger partial charge in [0, 0.05) is 9.58 Å². The van der Waals surface area contributed by atoms with E-state index in [0.29, 0.717) is 0 Å². The fourth-order valence-electron chi connectivity index (χ4n) is 1.66. The number of rotatable bonds is 1. The van der Waals surface area contributed by atoms with Crippen molar-refractivity contribution in [2.45, 2.75) is 20.3 Å². The Balaban J connectivity index is 2.81. The molecule has 2 aromatic rings. The lowest BCUT2D eigenvalue weighted by Gasteiger charge is -1.93. The molecule has 0 aliphatic carbocycles. The highest BCUT2D eigenvalue weighted by Crippen LogP contribution is 2.30. The Morgan fingerprint density at radius 1 is 1.25 bits per heavy atom. The smallest absolute Gasteiger partial charge is 0.0348 e. The summed E-state index contributed by atoms with van der Waals surface area (Å²) < 4.78 is 1.42. The maximum absolute atomic E-state index is 2.22. The zero-order valence-electron chi connectivity index (χ0n) is 7.42. The lowest BCUT2D eigenvalue weighted by Crippen LogP contribution is -1.78. The molecule has 0 atom stereocenters.